The lowest BCUT2D eigenvalue weighted by molar-refractivity contribution is 0.0768. The molecule has 3 heterocycles. The highest BCUT2D eigenvalue weighted by atomic mass is 16.5. The Morgan fingerprint density at radius 2 is 2.17 bits per heavy atom. The van der Waals surface area contributed by atoms with Crippen molar-refractivity contribution < 1.29 is 18.7 Å². The molecule has 1 amide bonds. The molecule has 0 radical (unpaired) electrons. The summed E-state index contributed by atoms with van der Waals surface area (Å²) in [6, 6.07) is 2.68. The Bertz CT molecular complexity index is 740. The fourth-order valence-corrected chi connectivity index (χ4v) is 2.33. The van der Waals surface area contributed by atoms with Crippen molar-refractivity contribution in [2.45, 2.75) is 12.5 Å². The molecule has 2 aromatic heterocycles. The van der Waals surface area contributed by atoms with Crippen molar-refractivity contribution in [1.29, 1.82) is 0 Å². The number of rotatable bonds is 4. The summed E-state index contributed by atoms with van der Waals surface area (Å²) in [5.41, 5.74) is -0.146. The van der Waals surface area contributed by atoms with Gasteiger partial charge in [-0.15, -0.1) is 0 Å². The molecule has 0 N–H and O–H groups in total. The molecule has 1 atom stereocenters. The number of likely N-dealkylation sites (tertiary alicyclic amines) is 1. The summed E-state index contributed by atoms with van der Waals surface area (Å²) in [5.74, 6) is 0.527. The topological polar surface area (TPSA) is 94.8 Å². The van der Waals surface area contributed by atoms with Crippen LogP contribution in [-0.2, 0) is 0 Å². The first-order valence-corrected chi connectivity index (χ1v) is 7.06. The number of hydrogen-bond acceptors (Lipinski definition) is 7. The zero-order valence-corrected chi connectivity index (χ0v) is 12.5. The Labute approximate surface area is 131 Å². The van der Waals surface area contributed by atoms with Crippen molar-refractivity contribution in [3.8, 4) is 11.8 Å². The van der Waals surface area contributed by atoms with Crippen molar-refractivity contribution in [3.05, 3.63) is 46.8 Å². The van der Waals surface area contributed by atoms with Gasteiger partial charge >= 0.3 is 5.63 Å². The van der Waals surface area contributed by atoms with Gasteiger partial charge in [-0.2, -0.15) is 4.98 Å². The number of aromatic nitrogens is 2. The monoisotopic (exact) mass is 317 g/mol. The van der Waals surface area contributed by atoms with E-state index in [2.05, 4.69) is 9.97 Å². The first kappa shape index (κ1) is 15.0. The second-order valence-corrected chi connectivity index (χ2v) is 5.02. The highest BCUT2D eigenvalue weighted by molar-refractivity contribution is 5.93. The predicted molar refractivity (Wildman–Crippen MR) is 78.5 cm³/mol. The summed E-state index contributed by atoms with van der Waals surface area (Å²) in [4.78, 5) is 33.0. The van der Waals surface area contributed by atoms with Crippen LogP contribution in [0.15, 0.2) is 40.0 Å². The van der Waals surface area contributed by atoms with Gasteiger partial charge in [0.25, 0.3) is 5.91 Å². The third kappa shape index (κ3) is 3.47. The normalized spacial score (nSPS) is 17.1. The van der Waals surface area contributed by atoms with E-state index in [-0.39, 0.29) is 12.0 Å². The summed E-state index contributed by atoms with van der Waals surface area (Å²) in [5, 5.41) is 0. The van der Waals surface area contributed by atoms with Gasteiger partial charge in [0.15, 0.2) is 0 Å². The third-order valence-corrected chi connectivity index (χ3v) is 3.47. The minimum atomic E-state index is -0.485. The molecule has 0 aromatic carbocycles. The Hall–Kier alpha value is -2.90. The molecule has 120 valence electrons. The van der Waals surface area contributed by atoms with Crippen LogP contribution in [-0.4, -0.2) is 47.1 Å². The molecule has 1 aliphatic rings. The largest absolute Gasteiger partial charge is 0.480 e. The standard InChI is InChI=1S/C15H15N3O5/c1-21-12-6-16-7-13(17-12)23-11-4-5-18(8-11)15(20)10-2-3-14(19)22-9-10/h2-3,6-7,9,11H,4-5,8H2,1H3. The van der Waals surface area contributed by atoms with E-state index in [1.807, 2.05) is 0 Å². The lowest BCUT2D eigenvalue weighted by Crippen LogP contribution is -2.31. The molecule has 8 nitrogen and oxygen atoms in total. The van der Waals surface area contributed by atoms with Gasteiger partial charge in [-0.1, -0.05) is 0 Å². The molecule has 2 aromatic rings. The quantitative estimate of drug-likeness (QED) is 0.820. The molecule has 1 unspecified atom stereocenters. The van der Waals surface area contributed by atoms with Gasteiger partial charge in [0.2, 0.25) is 11.8 Å². The minimum Gasteiger partial charge on any atom is -0.480 e. The van der Waals surface area contributed by atoms with Crippen LogP contribution < -0.4 is 15.1 Å². The highest BCUT2D eigenvalue weighted by Crippen LogP contribution is 2.19. The average molecular weight is 317 g/mol. The highest BCUT2D eigenvalue weighted by Gasteiger charge is 2.29. The summed E-state index contributed by atoms with van der Waals surface area (Å²) in [6.07, 6.45) is 4.67. The van der Waals surface area contributed by atoms with Gasteiger partial charge in [0.1, 0.15) is 12.4 Å². The number of nitrogens with zero attached hydrogens (tertiary/aromatic N) is 3. The number of carbonyl (C=O) groups is 1. The van der Waals surface area contributed by atoms with Crippen LogP contribution in [0.3, 0.4) is 0 Å². The van der Waals surface area contributed by atoms with E-state index in [1.54, 1.807) is 4.90 Å². The third-order valence-electron chi connectivity index (χ3n) is 3.47. The molecule has 1 saturated heterocycles. The maximum absolute atomic E-state index is 12.3. The smallest absolute Gasteiger partial charge is 0.335 e. The van der Waals surface area contributed by atoms with Crippen molar-refractivity contribution in [2.24, 2.45) is 0 Å². The molecular weight excluding hydrogens is 302 g/mol. The Kier molecular flexibility index (Phi) is 4.22. The van der Waals surface area contributed by atoms with Gasteiger partial charge in [-0.25, -0.2) is 4.79 Å². The van der Waals surface area contributed by atoms with Crippen LogP contribution in [0.2, 0.25) is 0 Å². The molecule has 0 saturated carbocycles. The van der Waals surface area contributed by atoms with Gasteiger partial charge in [-0.3, -0.25) is 9.78 Å². The number of ether oxygens (including phenoxy) is 2. The predicted octanol–water partition coefficient (Wildman–Crippen LogP) is 0.732. The van der Waals surface area contributed by atoms with Gasteiger partial charge in [0, 0.05) is 19.0 Å². The number of methoxy groups -OCH3 is 1. The van der Waals surface area contributed by atoms with Crippen LogP contribution in [0.4, 0.5) is 0 Å². The first-order valence-electron chi connectivity index (χ1n) is 7.06. The zero-order valence-electron chi connectivity index (χ0n) is 12.5. The summed E-state index contributed by atoms with van der Waals surface area (Å²) >= 11 is 0. The van der Waals surface area contributed by atoms with Crippen LogP contribution >= 0.6 is 0 Å². The molecule has 3 rings (SSSR count). The Morgan fingerprint density at radius 1 is 1.35 bits per heavy atom. The molecule has 8 heteroatoms. The number of carbonyl (C=O) groups excluding carboxylic acids is 1. The summed E-state index contributed by atoms with van der Waals surface area (Å²) in [7, 11) is 1.50. The van der Waals surface area contributed by atoms with E-state index in [9.17, 15) is 9.59 Å². The van der Waals surface area contributed by atoms with E-state index in [0.717, 1.165) is 0 Å². The van der Waals surface area contributed by atoms with Gasteiger partial charge in [0.05, 0.1) is 31.6 Å². The summed E-state index contributed by atoms with van der Waals surface area (Å²) in [6.45, 7) is 0.983. The molecular formula is C15H15N3O5. The first-order chi connectivity index (χ1) is 11.2. The zero-order chi connectivity index (χ0) is 16.2. The second-order valence-electron chi connectivity index (χ2n) is 5.02. The van der Waals surface area contributed by atoms with Crippen molar-refractivity contribution in [3.63, 3.8) is 0 Å². The van der Waals surface area contributed by atoms with E-state index in [0.29, 0.717) is 36.8 Å². The molecule has 1 fully saturated rings. The maximum atomic E-state index is 12.3. The Balaban J connectivity index is 1.62. The lowest BCUT2D eigenvalue weighted by atomic mass is 10.2. The molecule has 0 aliphatic carbocycles. The molecule has 0 bridgehead atoms. The van der Waals surface area contributed by atoms with E-state index >= 15 is 0 Å². The fourth-order valence-electron chi connectivity index (χ4n) is 2.33. The Morgan fingerprint density at radius 3 is 2.91 bits per heavy atom. The van der Waals surface area contributed by atoms with Gasteiger partial charge in [-0.05, 0) is 6.07 Å². The number of amides is 1. The van der Waals surface area contributed by atoms with E-state index in [4.69, 9.17) is 13.9 Å². The van der Waals surface area contributed by atoms with Crippen LogP contribution in [0, 0.1) is 0 Å². The second kappa shape index (κ2) is 6.47. The van der Waals surface area contributed by atoms with Crippen molar-refractivity contribution in [2.75, 3.05) is 20.2 Å². The SMILES string of the molecule is COc1cncc(OC2CCN(C(=O)c3ccc(=O)oc3)C2)n1. The minimum absolute atomic E-state index is 0.170. The maximum Gasteiger partial charge on any atom is 0.335 e. The average Bonchev–Trinajstić information content (AvgIpc) is 3.03. The number of hydrogen-bond donors (Lipinski definition) is 0. The van der Waals surface area contributed by atoms with Crippen LogP contribution in [0.5, 0.6) is 11.8 Å². The van der Waals surface area contributed by atoms with Crippen molar-refractivity contribution >= 4 is 5.91 Å². The molecule has 1 aliphatic heterocycles. The van der Waals surface area contributed by atoms with E-state index < -0.39 is 5.63 Å². The fraction of sp³-hybridized carbons (Fsp3) is 0.333. The lowest BCUT2D eigenvalue weighted by Gasteiger charge is -2.16. The molecule has 0 spiro atoms. The van der Waals surface area contributed by atoms with Crippen LogP contribution in [0.1, 0.15) is 16.8 Å². The van der Waals surface area contributed by atoms with Crippen molar-refractivity contribution in [1.82, 2.24) is 14.9 Å². The van der Waals surface area contributed by atoms with E-state index in [1.165, 1.54) is 37.9 Å². The van der Waals surface area contributed by atoms with Gasteiger partial charge < -0.3 is 18.8 Å². The van der Waals surface area contributed by atoms with Crippen LogP contribution in [0.25, 0.3) is 0 Å². The summed E-state index contributed by atoms with van der Waals surface area (Å²) < 4.78 is 15.4. The molecule has 23 heavy (non-hydrogen) atoms.